The Kier molecular flexibility index (Phi) is 10.8. The highest BCUT2D eigenvalue weighted by Crippen LogP contribution is 2.40. The molecule has 1 aliphatic heterocycles. The first-order chi connectivity index (χ1) is 20.2. The summed E-state index contributed by atoms with van der Waals surface area (Å²) in [5.41, 5.74) is -0.227. The molecule has 1 N–H and O–H groups in total. The van der Waals surface area contributed by atoms with E-state index >= 15 is 0 Å². The van der Waals surface area contributed by atoms with Crippen LogP contribution in [0.1, 0.15) is 98.8 Å². The number of hydrogen-bond donors (Lipinski definition) is 1. The average molecular weight is 641 g/mol. The molecular formula is C34H46BrN3O4. The molecule has 2 aromatic rings. The highest BCUT2D eigenvalue weighted by molar-refractivity contribution is 9.10. The van der Waals surface area contributed by atoms with E-state index in [0.717, 1.165) is 64.2 Å². The number of benzene rings is 2. The average Bonchev–Trinajstić information content (AvgIpc) is 2.98. The standard InChI is InChI=1S/C34H46BrN3O4/c1-6-11-14-21(9-4)19-37-32(40)24-18-26(36-16-13-8-3)30-28-23(17-25(35)29(27(24)28)33(37)41)31(39)38(34(30)42)20-22(10-5)15-12-7-2/h17-18,21-22,39H,6-16,19-20H2,1-5H3. The minimum Gasteiger partial charge on any atom is -0.494 e. The van der Waals surface area contributed by atoms with Crippen LogP contribution in [0.3, 0.4) is 0 Å². The molecule has 7 nitrogen and oxygen atoms in total. The maximum atomic E-state index is 14.2. The van der Waals surface area contributed by atoms with Crippen LogP contribution in [0.2, 0.25) is 0 Å². The van der Waals surface area contributed by atoms with Crippen LogP contribution in [0.5, 0.6) is 5.88 Å². The van der Waals surface area contributed by atoms with Gasteiger partial charge < -0.3 is 5.11 Å². The Balaban J connectivity index is 2.11. The van der Waals surface area contributed by atoms with Crippen LogP contribution < -0.4 is 22.0 Å². The van der Waals surface area contributed by atoms with Gasteiger partial charge in [-0.3, -0.25) is 28.5 Å². The van der Waals surface area contributed by atoms with E-state index in [2.05, 4.69) is 50.5 Å². The minimum atomic E-state index is -0.359. The van der Waals surface area contributed by atoms with E-state index < -0.39 is 0 Å². The summed E-state index contributed by atoms with van der Waals surface area (Å²) in [7, 11) is 0. The summed E-state index contributed by atoms with van der Waals surface area (Å²) < 4.78 is 3.37. The first-order valence-corrected chi connectivity index (χ1v) is 16.8. The number of halogens is 1. The van der Waals surface area contributed by atoms with Gasteiger partial charge in [-0.25, -0.2) is 0 Å². The fourth-order valence-corrected chi connectivity index (χ4v) is 6.87. The van der Waals surface area contributed by atoms with Crippen molar-refractivity contribution in [3.8, 4) is 17.0 Å². The first kappa shape index (κ1) is 32.2. The van der Waals surface area contributed by atoms with Crippen LogP contribution in [0.25, 0.3) is 32.7 Å². The van der Waals surface area contributed by atoms with Gasteiger partial charge in [0.15, 0.2) is 0 Å². The molecule has 42 heavy (non-hydrogen) atoms. The molecule has 1 aromatic carbocycles. The highest BCUT2D eigenvalue weighted by atomic mass is 79.9. The van der Waals surface area contributed by atoms with Crippen molar-refractivity contribution in [1.82, 2.24) is 9.13 Å². The molecule has 0 saturated carbocycles. The van der Waals surface area contributed by atoms with Crippen molar-refractivity contribution in [3.63, 3.8) is 0 Å². The lowest BCUT2D eigenvalue weighted by Gasteiger charge is -2.23. The van der Waals surface area contributed by atoms with E-state index in [0.29, 0.717) is 62.1 Å². The molecule has 2 unspecified atom stereocenters. The fraction of sp³-hybridized carbons (Fsp3) is 0.588. The molecule has 0 spiro atoms. The van der Waals surface area contributed by atoms with Crippen LogP contribution in [0.15, 0.2) is 36.0 Å². The third kappa shape index (κ3) is 6.01. The normalized spacial score (nSPS) is 14.1. The van der Waals surface area contributed by atoms with E-state index in [4.69, 9.17) is 4.99 Å². The van der Waals surface area contributed by atoms with Gasteiger partial charge in [-0.1, -0.05) is 79.6 Å². The molecular weight excluding hydrogens is 594 g/mol. The largest absolute Gasteiger partial charge is 0.494 e. The van der Waals surface area contributed by atoms with Crippen molar-refractivity contribution in [1.29, 1.82) is 0 Å². The molecule has 1 aromatic heterocycles. The van der Waals surface area contributed by atoms with Crippen molar-refractivity contribution in [2.45, 2.75) is 112 Å². The number of aromatic hydroxyl groups is 1. The third-order valence-corrected chi connectivity index (χ3v) is 9.61. The van der Waals surface area contributed by atoms with E-state index in [9.17, 15) is 19.5 Å². The molecule has 0 amide bonds. The summed E-state index contributed by atoms with van der Waals surface area (Å²) >= 11 is 3.62. The van der Waals surface area contributed by atoms with E-state index in [1.807, 2.05) is 0 Å². The second kappa shape index (κ2) is 14.2. The Morgan fingerprint density at radius 3 is 1.90 bits per heavy atom. The highest BCUT2D eigenvalue weighted by Gasteiger charge is 2.29. The predicted molar refractivity (Wildman–Crippen MR) is 177 cm³/mol. The van der Waals surface area contributed by atoms with Crippen molar-refractivity contribution in [2.75, 3.05) is 6.54 Å². The zero-order valence-corrected chi connectivity index (χ0v) is 27.5. The number of unbranched alkanes of at least 4 members (excludes halogenated alkanes) is 3. The lowest BCUT2D eigenvalue weighted by atomic mass is 9.90. The van der Waals surface area contributed by atoms with Gasteiger partial charge in [0.25, 0.3) is 16.7 Å². The van der Waals surface area contributed by atoms with Gasteiger partial charge in [0.2, 0.25) is 5.88 Å². The third-order valence-electron chi connectivity index (χ3n) is 8.99. The summed E-state index contributed by atoms with van der Waals surface area (Å²) in [6, 6.07) is 3.46. The summed E-state index contributed by atoms with van der Waals surface area (Å²) in [6.07, 6.45) is 9.72. The number of nitrogens with zero attached hydrogens (tertiary/aromatic N) is 3. The maximum Gasteiger partial charge on any atom is 0.263 e. The fourth-order valence-electron chi connectivity index (χ4n) is 6.28. The summed E-state index contributed by atoms with van der Waals surface area (Å²) in [5, 5.41) is 13.7. The second-order valence-electron chi connectivity index (χ2n) is 11.9. The SMILES string of the molecule is CCCCN=c1cc2c(=O)n(CC(CC)CCCC)c(=O)c3c(Br)cc4c(O)n(CC(CC)CCCC)c(=O)c1c4c3-2. The molecule has 1 aliphatic carbocycles. The molecule has 0 radical (unpaired) electrons. The van der Waals surface area contributed by atoms with Crippen molar-refractivity contribution < 1.29 is 5.11 Å². The molecule has 4 rings (SSSR count). The zero-order valence-electron chi connectivity index (χ0n) is 25.9. The molecule has 228 valence electrons. The van der Waals surface area contributed by atoms with Gasteiger partial charge in [-0.05, 0) is 59.2 Å². The lowest BCUT2D eigenvalue weighted by Crippen LogP contribution is -2.38. The number of hydrogen-bond acceptors (Lipinski definition) is 5. The Morgan fingerprint density at radius 2 is 1.33 bits per heavy atom. The van der Waals surface area contributed by atoms with E-state index in [1.165, 1.54) is 9.13 Å². The molecule has 0 saturated heterocycles. The number of aromatic nitrogens is 2. The molecule has 8 heteroatoms. The predicted octanol–water partition coefficient (Wildman–Crippen LogP) is 7.26. The van der Waals surface area contributed by atoms with Crippen LogP contribution in [-0.2, 0) is 13.1 Å². The topological polar surface area (TPSA) is 93.7 Å². The monoisotopic (exact) mass is 639 g/mol. The molecule has 2 heterocycles. The summed E-state index contributed by atoms with van der Waals surface area (Å²) in [5.74, 6) is 0.330. The summed E-state index contributed by atoms with van der Waals surface area (Å²) in [4.78, 5) is 47.1. The van der Waals surface area contributed by atoms with Gasteiger partial charge >= 0.3 is 0 Å². The van der Waals surface area contributed by atoms with Crippen LogP contribution in [-0.4, -0.2) is 20.8 Å². The Hall–Kier alpha value is -2.74. The van der Waals surface area contributed by atoms with E-state index in [-0.39, 0.29) is 34.4 Å². The zero-order chi connectivity index (χ0) is 30.6. The van der Waals surface area contributed by atoms with Gasteiger partial charge in [0.05, 0.1) is 21.7 Å². The van der Waals surface area contributed by atoms with Crippen LogP contribution in [0, 0.1) is 11.8 Å². The van der Waals surface area contributed by atoms with Crippen LogP contribution in [0.4, 0.5) is 0 Å². The number of pyridine rings is 2. The maximum absolute atomic E-state index is 14.2. The lowest BCUT2D eigenvalue weighted by molar-refractivity contribution is 0.344. The van der Waals surface area contributed by atoms with Crippen molar-refractivity contribution in [3.05, 3.63) is 53.0 Å². The van der Waals surface area contributed by atoms with Gasteiger partial charge in [-0.2, -0.15) is 0 Å². The molecule has 0 fully saturated rings. The Bertz CT molecular complexity index is 1720. The first-order valence-electron chi connectivity index (χ1n) is 16.0. The van der Waals surface area contributed by atoms with Crippen molar-refractivity contribution in [2.24, 2.45) is 16.8 Å². The van der Waals surface area contributed by atoms with Gasteiger partial charge in [-0.15, -0.1) is 0 Å². The Labute approximate surface area is 256 Å². The second-order valence-corrected chi connectivity index (χ2v) is 12.7. The molecule has 0 bridgehead atoms. The van der Waals surface area contributed by atoms with E-state index in [1.54, 1.807) is 12.1 Å². The Morgan fingerprint density at radius 1 is 0.762 bits per heavy atom. The van der Waals surface area contributed by atoms with Crippen molar-refractivity contribution >= 4 is 37.5 Å². The molecule has 2 aliphatic rings. The quantitative estimate of drug-likeness (QED) is 0.109. The minimum absolute atomic E-state index is 0.126. The van der Waals surface area contributed by atoms with Gasteiger partial charge in [0.1, 0.15) is 0 Å². The smallest absolute Gasteiger partial charge is 0.263 e. The van der Waals surface area contributed by atoms with Gasteiger partial charge in [0, 0.05) is 40.4 Å². The summed E-state index contributed by atoms with van der Waals surface area (Å²) in [6.45, 7) is 11.9. The van der Waals surface area contributed by atoms with Crippen LogP contribution >= 0.6 is 15.9 Å². The molecule has 2 atom stereocenters. The number of rotatable bonds is 15.